The molecule has 2 fully saturated rings. The van der Waals surface area contributed by atoms with Crippen molar-refractivity contribution in [1.29, 1.82) is 0 Å². The lowest BCUT2D eigenvalue weighted by Gasteiger charge is -2.23. The van der Waals surface area contributed by atoms with Gasteiger partial charge in [0.2, 0.25) is 0 Å². The second-order valence-electron chi connectivity index (χ2n) is 5.94. The van der Waals surface area contributed by atoms with Gasteiger partial charge in [-0.1, -0.05) is 0 Å². The summed E-state index contributed by atoms with van der Waals surface area (Å²) in [5.41, 5.74) is 0.962. The van der Waals surface area contributed by atoms with Crippen LogP contribution in [0.15, 0.2) is 23.0 Å². The number of ether oxygens (including phenoxy) is 4. The van der Waals surface area contributed by atoms with Crippen LogP contribution in [-0.2, 0) is 18.9 Å². The molecule has 0 bridgehead atoms. The summed E-state index contributed by atoms with van der Waals surface area (Å²) in [7, 11) is 0. The van der Waals surface area contributed by atoms with Crippen LogP contribution in [0.5, 0.6) is 0 Å². The molecule has 0 saturated carbocycles. The van der Waals surface area contributed by atoms with E-state index in [1.54, 1.807) is 12.5 Å². The molecule has 2 aliphatic rings. The molecule has 3 rings (SSSR count). The maximum atomic E-state index is 5.99. The maximum absolute atomic E-state index is 5.99. The van der Waals surface area contributed by atoms with E-state index in [4.69, 9.17) is 23.4 Å². The Morgan fingerprint density at radius 2 is 1.84 bits per heavy atom. The van der Waals surface area contributed by atoms with E-state index in [2.05, 4.69) is 0 Å². The van der Waals surface area contributed by atoms with Gasteiger partial charge in [-0.05, 0) is 33.8 Å². The third-order valence-electron chi connectivity index (χ3n) is 3.40. The van der Waals surface area contributed by atoms with E-state index in [0.29, 0.717) is 6.61 Å². The number of furan rings is 1. The smallest absolute Gasteiger partial charge is 0.164 e. The Morgan fingerprint density at radius 1 is 1.05 bits per heavy atom. The van der Waals surface area contributed by atoms with Crippen LogP contribution < -0.4 is 0 Å². The molecule has 2 aliphatic heterocycles. The highest BCUT2D eigenvalue weighted by atomic mass is 16.8. The van der Waals surface area contributed by atoms with E-state index < -0.39 is 11.6 Å². The van der Waals surface area contributed by atoms with Gasteiger partial charge in [0.15, 0.2) is 11.6 Å². The van der Waals surface area contributed by atoms with E-state index in [-0.39, 0.29) is 18.3 Å². The molecule has 1 aromatic rings. The molecule has 3 heterocycles. The Bertz CT molecular complexity index is 437. The fourth-order valence-electron chi connectivity index (χ4n) is 2.63. The Morgan fingerprint density at radius 3 is 2.42 bits per heavy atom. The van der Waals surface area contributed by atoms with Crippen molar-refractivity contribution in [3.63, 3.8) is 0 Å². The Kier molecular flexibility index (Phi) is 2.98. The molecule has 0 spiro atoms. The Balaban J connectivity index is 1.82. The van der Waals surface area contributed by atoms with Crippen LogP contribution in [0.4, 0.5) is 0 Å². The van der Waals surface area contributed by atoms with Gasteiger partial charge in [-0.3, -0.25) is 0 Å². The summed E-state index contributed by atoms with van der Waals surface area (Å²) in [5, 5.41) is 0. The monoisotopic (exact) mass is 268 g/mol. The zero-order valence-corrected chi connectivity index (χ0v) is 11.7. The molecule has 1 aromatic heterocycles. The predicted molar refractivity (Wildman–Crippen MR) is 66.4 cm³/mol. The van der Waals surface area contributed by atoms with Crippen LogP contribution in [0.1, 0.15) is 39.4 Å². The number of hydrogen-bond donors (Lipinski definition) is 0. The third kappa shape index (κ3) is 2.56. The van der Waals surface area contributed by atoms with Crippen LogP contribution in [0.25, 0.3) is 0 Å². The van der Waals surface area contributed by atoms with E-state index in [1.807, 2.05) is 33.8 Å². The summed E-state index contributed by atoms with van der Waals surface area (Å²) in [6.45, 7) is 8.12. The predicted octanol–water partition coefficient (Wildman–Crippen LogP) is 2.62. The van der Waals surface area contributed by atoms with Gasteiger partial charge in [0.05, 0.1) is 19.1 Å². The molecule has 0 radical (unpaired) electrons. The normalized spacial score (nSPS) is 36.7. The largest absolute Gasteiger partial charge is 0.472 e. The zero-order chi connectivity index (χ0) is 13.7. The molecule has 106 valence electrons. The van der Waals surface area contributed by atoms with E-state index in [0.717, 1.165) is 5.56 Å². The standard InChI is InChI=1S/C14H20O5/c1-13(2)16-8-10(17-13)12-11(9-5-6-15-7-9)18-14(3,4)19-12/h5-7,10-12H,8H2,1-4H3/t10-,11-,12-/m1/s1. The molecule has 5 heteroatoms. The highest BCUT2D eigenvalue weighted by Crippen LogP contribution is 2.42. The lowest BCUT2D eigenvalue weighted by atomic mass is 10.0. The molecule has 0 N–H and O–H groups in total. The summed E-state index contributed by atoms with van der Waals surface area (Å²) in [4.78, 5) is 0. The van der Waals surface area contributed by atoms with Crippen molar-refractivity contribution in [3.05, 3.63) is 24.2 Å². The molecular formula is C14H20O5. The molecule has 3 atom stereocenters. The first-order valence-electron chi connectivity index (χ1n) is 6.56. The first-order chi connectivity index (χ1) is 8.86. The van der Waals surface area contributed by atoms with E-state index in [1.165, 1.54) is 0 Å². The molecule has 0 aromatic carbocycles. The highest BCUT2D eigenvalue weighted by molar-refractivity contribution is 5.14. The van der Waals surface area contributed by atoms with Gasteiger partial charge in [0.1, 0.15) is 18.3 Å². The number of rotatable bonds is 2. The van der Waals surface area contributed by atoms with Gasteiger partial charge in [-0.15, -0.1) is 0 Å². The van der Waals surface area contributed by atoms with Crippen molar-refractivity contribution in [3.8, 4) is 0 Å². The van der Waals surface area contributed by atoms with Crippen LogP contribution >= 0.6 is 0 Å². The molecule has 0 aliphatic carbocycles. The Hall–Kier alpha value is -0.880. The summed E-state index contributed by atoms with van der Waals surface area (Å²) in [5.74, 6) is -1.20. The van der Waals surface area contributed by atoms with E-state index in [9.17, 15) is 0 Å². The van der Waals surface area contributed by atoms with Crippen molar-refractivity contribution >= 4 is 0 Å². The first kappa shape index (κ1) is 13.1. The van der Waals surface area contributed by atoms with Crippen molar-refractivity contribution in [2.75, 3.05) is 6.61 Å². The molecule has 5 nitrogen and oxygen atoms in total. The molecule has 19 heavy (non-hydrogen) atoms. The highest BCUT2D eigenvalue weighted by Gasteiger charge is 2.50. The van der Waals surface area contributed by atoms with Crippen molar-refractivity contribution in [2.24, 2.45) is 0 Å². The van der Waals surface area contributed by atoms with Gasteiger partial charge in [-0.25, -0.2) is 0 Å². The maximum Gasteiger partial charge on any atom is 0.164 e. The average Bonchev–Trinajstić information content (AvgIpc) is 2.96. The SMILES string of the molecule is CC1(C)O[C@H]([C@H]2COC(C)(C)O2)[C@@H](c2ccoc2)O1. The van der Waals surface area contributed by atoms with Crippen molar-refractivity contribution in [2.45, 2.75) is 57.6 Å². The van der Waals surface area contributed by atoms with Gasteiger partial charge >= 0.3 is 0 Å². The fraction of sp³-hybridized carbons (Fsp3) is 0.714. The van der Waals surface area contributed by atoms with Crippen molar-refractivity contribution in [1.82, 2.24) is 0 Å². The lowest BCUT2D eigenvalue weighted by molar-refractivity contribution is -0.174. The molecule has 0 amide bonds. The summed E-state index contributed by atoms with van der Waals surface area (Å²) in [6.07, 6.45) is 2.78. The van der Waals surface area contributed by atoms with Crippen LogP contribution in [0.3, 0.4) is 0 Å². The third-order valence-corrected chi connectivity index (χ3v) is 3.40. The van der Waals surface area contributed by atoms with E-state index >= 15 is 0 Å². The Labute approximate surface area is 112 Å². The summed E-state index contributed by atoms with van der Waals surface area (Å²) < 4.78 is 28.6. The summed E-state index contributed by atoms with van der Waals surface area (Å²) in [6, 6.07) is 1.89. The van der Waals surface area contributed by atoms with Crippen LogP contribution in [-0.4, -0.2) is 30.4 Å². The van der Waals surface area contributed by atoms with Gasteiger partial charge in [-0.2, -0.15) is 0 Å². The van der Waals surface area contributed by atoms with Crippen LogP contribution in [0.2, 0.25) is 0 Å². The zero-order valence-electron chi connectivity index (χ0n) is 11.7. The molecular weight excluding hydrogens is 248 g/mol. The first-order valence-corrected chi connectivity index (χ1v) is 6.56. The topological polar surface area (TPSA) is 50.1 Å². The lowest BCUT2D eigenvalue weighted by Crippen LogP contribution is -2.35. The van der Waals surface area contributed by atoms with Gasteiger partial charge in [0.25, 0.3) is 0 Å². The summed E-state index contributed by atoms with van der Waals surface area (Å²) >= 11 is 0. The second kappa shape index (κ2) is 4.31. The minimum Gasteiger partial charge on any atom is -0.472 e. The minimum atomic E-state index is -0.636. The minimum absolute atomic E-state index is 0.142. The van der Waals surface area contributed by atoms with Gasteiger partial charge in [0, 0.05) is 5.56 Å². The van der Waals surface area contributed by atoms with Crippen LogP contribution in [0, 0.1) is 0 Å². The quantitative estimate of drug-likeness (QED) is 0.825. The fourth-order valence-corrected chi connectivity index (χ4v) is 2.63. The van der Waals surface area contributed by atoms with Crippen molar-refractivity contribution < 1.29 is 23.4 Å². The second-order valence-corrected chi connectivity index (χ2v) is 5.94. The molecule has 2 saturated heterocycles. The molecule has 0 unspecified atom stereocenters. The average molecular weight is 268 g/mol. The van der Waals surface area contributed by atoms with Gasteiger partial charge < -0.3 is 23.4 Å². The number of hydrogen-bond acceptors (Lipinski definition) is 5.